The third-order valence-electron chi connectivity index (χ3n) is 2.18. The summed E-state index contributed by atoms with van der Waals surface area (Å²) in [5, 5.41) is 3.35. The summed E-state index contributed by atoms with van der Waals surface area (Å²) in [5.74, 6) is 2.10. The van der Waals surface area contributed by atoms with E-state index in [1.54, 1.807) is 18.2 Å². The molecule has 1 amide bonds. The normalized spacial score (nSPS) is 10.2. The molecular weight excluding hydrogens is 256 g/mol. The summed E-state index contributed by atoms with van der Waals surface area (Å²) in [6.45, 7) is 2.11. The number of carbonyl (C=O) groups excluding carboxylic acids is 1. The van der Waals surface area contributed by atoms with Crippen LogP contribution in [0.2, 0.25) is 5.02 Å². The summed E-state index contributed by atoms with van der Waals surface area (Å²) in [7, 11) is 0. The minimum atomic E-state index is -0.00396. The minimum Gasteiger partial charge on any atom is -0.397 e. The highest BCUT2D eigenvalue weighted by Crippen LogP contribution is 2.22. The number of hydrogen-bond donors (Lipinski definition) is 2. The number of nitrogens with two attached hydrogens (primary N) is 1. The first-order chi connectivity index (χ1) is 8.13. The standard InChI is InChI=1S/C12H17ClN2OS/c1-2-17-7-3-4-12(16)15-11-6-5-9(13)8-10(11)14/h5-6,8H,2-4,7,14H2,1H3,(H,15,16). The van der Waals surface area contributed by atoms with Crippen LogP contribution in [0.1, 0.15) is 19.8 Å². The van der Waals surface area contributed by atoms with Gasteiger partial charge in [0.1, 0.15) is 0 Å². The molecule has 0 aromatic heterocycles. The number of hydrogen-bond acceptors (Lipinski definition) is 3. The Hall–Kier alpha value is -0.870. The molecule has 0 saturated heterocycles. The van der Waals surface area contributed by atoms with Gasteiger partial charge >= 0.3 is 0 Å². The van der Waals surface area contributed by atoms with Crippen LogP contribution in [-0.4, -0.2) is 17.4 Å². The molecule has 0 atom stereocenters. The third-order valence-corrected chi connectivity index (χ3v) is 3.41. The molecule has 94 valence electrons. The summed E-state index contributed by atoms with van der Waals surface area (Å²) >= 11 is 7.62. The van der Waals surface area contributed by atoms with E-state index in [1.165, 1.54) is 0 Å². The summed E-state index contributed by atoms with van der Waals surface area (Å²) in [4.78, 5) is 11.6. The second kappa shape index (κ2) is 7.45. The molecule has 5 heteroatoms. The molecule has 0 aliphatic rings. The van der Waals surface area contributed by atoms with Gasteiger partial charge in [-0.1, -0.05) is 18.5 Å². The van der Waals surface area contributed by atoms with Crippen molar-refractivity contribution in [2.75, 3.05) is 22.6 Å². The number of nitrogen functional groups attached to an aromatic ring is 1. The summed E-state index contributed by atoms with van der Waals surface area (Å²) in [6, 6.07) is 5.06. The lowest BCUT2D eigenvalue weighted by molar-refractivity contribution is -0.116. The van der Waals surface area contributed by atoms with Crippen molar-refractivity contribution in [3.05, 3.63) is 23.2 Å². The van der Waals surface area contributed by atoms with E-state index in [2.05, 4.69) is 12.2 Å². The number of rotatable bonds is 6. The predicted octanol–water partition coefficient (Wildman–Crippen LogP) is 3.39. The van der Waals surface area contributed by atoms with E-state index in [4.69, 9.17) is 17.3 Å². The molecule has 0 aliphatic heterocycles. The topological polar surface area (TPSA) is 55.1 Å². The Morgan fingerprint density at radius 2 is 2.29 bits per heavy atom. The van der Waals surface area contributed by atoms with Gasteiger partial charge < -0.3 is 11.1 Å². The van der Waals surface area contributed by atoms with Crippen molar-refractivity contribution in [2.24, 2.45) is 0 Å². The average Bonchev–Trinajstić information content (AvgIpc) is 2.28. The Morgan fingerprint density at radius 1 is 1.53 bits per heavy atom. The lowest BCUT2D eigenvalue weighted by Crippen LogP contribution is -2.12. The van der Waals surface area contributed by atoms with E-state index >= 15 is 0 Å². The molecule has 0 spiro atoms. The van der Waals surface area contributed by atoms with Gasteiger partial charge in [0.25, 0.3) is 0 Å². The zero-order valence-corrected chi connectivity index (χ0v) is 11.4. The molecule has 0 bridgehead atoms. The Morgan fingerprint density at radius 3 is 2.94 bits per heavy atom. The summed E-state index contributed by atoms with van der Waals surface area (Å²) in [5.41, 5.74) is 6.86. The van der Waals surface area contributed by atoms with Gasteiger partial charge in [0.05, 0.1) is 11.4 Å². The average molecular weight is 273 g/mol. The Labute approximate surface area is 111 Å². The quantitative estimate of drug-likeness (QED) is 0.616. The van der Waals surface area contributed by atoms with Crippen LogP contribution in [-0.2, 0) is 4.79 Å². The molecule has 0 aliphatic carbocycles. The Balaban J connectivity index is 2.40. The summed E-state index contributed by atoms with van der Waals surface area (Å²) < 4.78 is 0. The molecular formula is C12H17ClN2OS. The first-order valence-corrected chi connectivity index (χ1v) is 7.09. The highest BCUT2D eigenvalue weighted by molar-refractivity contribution is 7.99. The number of benzene rings is 1. The van der Waals surface area contributed by atoms with E-state index in [-0.39, 0.29) is 5.91 Å². The molecule has 0 fully saturated rings. The van der Waals surface area contributed by atoms with Crippen molar-refractivity contribution in [3.8, 4) is 0 Å². The lowest BCUT2D eigenvalue weighted by Gasteiger charge is -2.08. The van der Waals surface area contributed by atoms with Gasteiger partial charge in [0.15, 0.2) is 0 Å². The fourth-order valence-corrected chi connectivity index (χ4v) is 2.16. The van der Waals surface area contributed by atoms with Crippen molar-refractivity contribution in [2.45, 2.75) is 19.8 Å². The largest absolute Gasteiger partial charge is 0.397 e. The molecule has 0 heterocycles. The van der Waals surface area contributed by atoms with Crippen LogP contribution in [0.15, 0.2) is 18.2 Å². The van der Waals surface area contributed by atoms with Gasteiger partial charge in [-0.05, 0) is 36.1 Å². The molecule has 3 N–H and O–H groups in total. The molecule has 17 heavy (non-hydrogen) atoms. The highest BCUT2D eigenvalue weighted by atomic mass is 35.5. The van der Waals surface area contributed by atoms with E-state index in [0.29, 0.717) is 22.8 Å². The summed E-state index contributed by atoms with van der Waals surface area (Å²) in [6.07, 6.45) is 1.41. The van der Waals surface area contributed by atoms with Crippen LogP contribution in [0.4, 0.5) is 11.4 Å². The van der Waals surface area contributed by atoms with Gasteiger partial charge in [-0.2, -0.15) is 11.8 Å². The van der Waals surface area contributed by atoms with Crippen LogP contribution in [0.3, 0.4) is 0 Å². The second-order valence-electron chi connectivity index (χ2n) is 3.58. The smallest absolute Gasteiger partial charge is 0.224 e. The maximum absolute atomic E-state index is 11.6. The number of amides is 1. The maximum atomic E-state index is 11.6. The van der Waals surface area contributed by atoms with E-state index in [0.717, 1.165) is 17.9 Å². The van der Waals surface area contributed by atoms with Crippen molar-refractivity contribution >= 4 is 40.6 Å². The number of anilines is 2. The van der Waals surface area contributed by atoms with Gasteiger partial charge in [0.2, 0.25) is 5.91 Å². The highest BCUT2D eigenvalue weighted by Gasteiger charge is 2.05. The maximum Gasteiger partial charge on any atom is 0.224 e. The fourth-order valence-electron chi connectivity index (χ4n) is 1.34. The van der Waals surface area contributed by atoms with Crippen LogP contribution in [0.25, 0.3) is 0 Å². The van der Waals surface area contributed by atoms with Crippen molar-refractivity contribution in [3.63, 3.8) is 0 Å². The minimum absolute atomic E-state index is 0.00396. The van der Waals surface area contributed by atoms with Gasteiger partial charge in [0, 0.05) is 11.4 Å². The number of nitrogens with one attached hydrogen (secondary N) is 1. The second-order valence-corrected chi connectivity index (χ2v) is 5.41. The molecule has 0 unspecified atom stereocenters. The van der Waals surface area contributed by atoms with Crippen molar-refractivity contribution < 1.29 is 4.79 Å². The van der Waals surface area contributed by atoms with Crippen molar-refractivity contribution in [1.82, 2.24) is 0 Å². The van der Waals surface area contributed by atoms with E-state index in [9.17, 15) is 4.79 Å². The first-order valence-electron chi connectivity index (χ1n) is 5.56. The zero-order chi connectivity index (χ0) is 12.7. The fraction of sp³-hybridized carbons (Fsp3) is 0.417. The molecule has 0 saturated carbocycles. The number of carbonyl (C=O) groups is 1. The van der Waals surface area contributed by atoms with Crippen molar-refractivity contribution in [1.29, 1.82) is 0 Å². The molecule has 1 rings (SSSR count). The Bertz CT molecular complexity index is 385. The van der Waals surface area contributed by atoms with Gasteiger partial charge in [-0.25, -0.2) is 0 Å². The molecule has 3 nitrogen and oxygen atoms in total. The van der Waals surface area contributed by atoms with E-state index < -0.39 is 0 Å². The van der Waals surface area contributed by atoms with Gasteiger partial charge in [-0.15, -0.1) is 0 Å². The zero-order valence-electron chi connectivity index (χ0n) is 9.83. The molecule has 1 aromatic carbocycles. The van der Waals surface area contributed by atoms with Gasteiger partial charge in [-0.3, -0.25) is 4.79 Å². The van der Waals surface area contributed by atoms with Crippen LogP contribution in [0, 0.1) is 0 Å². The third kappa shape index (κ3) is 5.33. The number of halogens is 1. The van der Waals surface area contributed by atoms with E-state index in [1.807, 2.05) is 11.8 Å². The predicted molar refractivity (Wildman–Crippen MR) is 76.7 cm³/mol. The lowest BCUT2D eigenvalue weighted by atomic mass is 10.2. The molecule has 0 radical (unpaired) electrons. The van der Waals surface area contributed by atoms with Crippen LogP contribution < -0.4 is 11.1 Å². The first kappa shape index (κ1) is 14.2. The number of thioether (sulfide) groups is 1. The van der Waals surface area contributed by atoms with Crippen LogP contribution in [0.5, 0.6) is 0 Å². The van der Waals surface area contributed by atoms with Crippen LogP contribution >= 0.6 is 23.4 Å². The SMILES string of the molecule is CCSCCCC(=O)Nc1ccc(Cl)cc1N. The monoisotopic (exact) mass is 272 g/mol. The molecule has 1 aromatic rings. The Kier molecular flexibility index (Phi) is 6.22.